The van der Waals surface area contributed by atoms with Gasteiger partial charge in [0.2, 0.25) is 0 Å². The third-order valence-electron chi connectivity index (χ3n) is 7.47. The lowest BCUT2D eigenvalue weighted by Crippen LogP contribution is -2.56. The molecule has 5 rings (SSSR count). The second kappa shape index (κ2) is 10.7. The summed E-state index contributed by atoms with van der Waals surface area (Å²) < 4.78 is 22.1. The number of carbonyl (C=O) groups excluding carboxylic acids is 1. The molecule has 0 amide bonds. The van der Waals surface area contributed by atoms with Crippen molar-refractivity contribution in [1.82, 2.24) is 0 Å². The first kappa shape index (κ1) is 28.5. The van der Waals surface area contributed by atoms with Crippen LogP contribution in [0.1, 0.15) is 40.1 Å². The van der Waals surface area contributed by atoms with Crippen LogP contribution in [0.4, 0.5) is 0 Å². The molecule has 3 aliphatic heterocycles. The molecule has 14 heteroatoms. The Labute approximate surface area is 226 Å². The molecule has 0 bridgehead atoms. The molecule has 1 unspecified atom stereocenters. The largest absolute Gasteiger partial charge is 0.508 e. The van der Waals surface area contributed by atoms with Crippen LogP contribution in [-0.2, 0) is 14.2 Å². The Balaban J connectivity index is 1.38. The molecule has 0 saturated carbocycles. The van der Waals surface area contributed by atoms with Crippen molar-refractivity contribution in [2.24, 2.45) is 0 Å². The zero-order valence-electron chi connectivity index (χ0n) is 20.9. The van der Waals surface area contributed by atoms with Gasteiger partial charge in [0.15, 0.2) is 12.1 Å². The number of benzene rings is 2. The summed E-state index contributed by atoms with van der Waals surface area (Å²) in [5.41, 5.74) is -2.11. The van der Waals surface area contributed by atoms with E-state index in [1.165, 1.54) is 12.1 Å². The number of Topliss-reactive ketones (excluding diaryl/α,β-unsaturated/α-hetero) is 1. The first-order chi connectivity index (χ1) is 18.9. The Kier molecular flexibility index (Phi) is 7.64. The maximum absolute atomic E-state index is 13.1. The van der Waals surface area contributed by atoms with Gasteiger partial charge in [0, 0.05) is 6.07 Å². The monoisotopic (exact) mass is 566 g/mol. The standard InChI is InChI=1S/C26H30O14/c27-8-26(36)9-38-25(24(26)35)37-7-16-19(31)21(33)22(34)23(40-16)18-13(30)6-15-17(20(18)32)12(29)5-14(39-15)10-1-3-11(28)4-2-10/h1-4,6,14,16,19,21-25,27-28,30-36H,5,7-9H2/t14?,16-,19-,21+,22-,23+,24+,25-,26-/m1/s1. The number of carbonyl (C=O) groups is 1. The van der Waals surface area contributed by atoms with Crippen LogP contribution in [0.2, 0.25) is 0 Å². The number of aromatic hydroxyl groups is 3. The van der Waals surface area contributed by atoms with Crippen LogP contribution in [0.5, 0.6) is 23.0 Å². The van der Waals surface area contributed by atoms with E-state index in [9.17, 15) is 50.8 Å². The van der Waals surface area contributed by atoms with Crippen molar-refractivity contribution in [2.75, 3.05) is 19.8 Å². The molecule has 2 fully saturated rings. The fraction of sp³-hybridized carbons (Fsp3) is 0.500. The minimum atomic E-state index is -1.97. The predicted octanol–water partition coefficient (Wildman–Crippen LogP) is -1.51. The third-order valence-corrected chi connectivity index (χ3v) is 7.47. The second-order valence-corrected chi connectivity index (χ2v) is 10.1. The molecule has 0 radical (unpaired) electrons. The van der Waals surface area contributed by atoms with Gasteiger partial charge in [-0.25, -0.2) is 0 Å². The first-order valence-corrected chi connectivity index (χ1v) is 12.5. The van der Waals surface area contributed by atoms with Gasteiger partial charge < -0.3 is 64.9 Å². The smallest absolute Gasteiger partial charge is 0.186 e. The summed E-state index contributed by atoms with van der Waals surface area (Å²) in [5.74, 6) is -2.05. The van der Waals surface area contributed by atoms with E-state index in [0.29, 0.717) is 5.56 Å². The average Bonchev–Trinajstić information content (AvgIpc) is 3.21. The van der Waals surface area contributed by atoms with E-state index in [1.807, 2.05) is 0 Å². The Morgan fingerprint density at radius 3 is 2.35 bits per heavy atom. The van der Waals surface area contributed by atoms with Gasteiger partial charge in [-0.2, -0.15) is 0 Å². The Morgan fingerprint density at radius 1 is 1.00 bits per heavy atom. The summed E-state index contributed by atoms with van der Waals surface area (Å²) >= 11 is 0. The lowest BCUT2D eigenvalue weighted by atomic mass is 9.87. The average molecular weight is 567 g/mol. The van der Waals surface area contributed by atoms with E-state index in [1.54, 1.807) is 12.1 Å². The van der Waals surface area contributed by atoms with Gasteiger partial charge in [0.25, 0.3) is 0 Å². The number of phenols is 3. The van der Waals surface area contributed by atoms with E-state index in [4.69, 9.17) is 18.9 Å². The van der Waals surface area contributed by atoms with Gasteiger partial charge in [-0.3, -0.25) is 4.79 Å². The number of hydrogen-bond donors (Lipinski definition) is 9. The molecular formula is C26H30O14. The summed E-state index contributed by atoms with van der Waals surface area (Å²) in [6.45, 7) is -1.79. The van der Waals surface area contributed by atoms with Crippen molar-refractivity contribution in [3.8, 4) is 23.0 Å². The Hall–Kier alpha value is -3.05. The highest BCUT2D eigenvalue weighted by atomic mass is 16.7. The number of fused-ring (bicyclic) bond motifs is 1. The van der Waals surface area contributed by atoms with Gasteiger partial charge in [0.05, 0.1) is 31.8 Å². The molecule has 2 aromatic carbocycles. The summed E-state index contributed by atoms with van der Waals surface area (Å²) in [6.07, 6.45) is -12.5. The van der Waals surface area contributed by atoms with Gasteiger partial charge in [-0.1, -0.05) is 12.1 Å². The van der Waals surface area contributed by atoms with Crippen LogP contribution < -0.4 is 4.74 Å². The summed E-state index contributed by atoms with van der Waals surface area (Å²) in [6, 6.07) is 7.03. The van der Waals surface area contributed by atoms with Crippen molar-refractivity contribution in [3.63, 3.8) is 0 Å². The van der Waals surface area contributed by atoms with Crippen molar-refractivity contribution in [1.29, 1.82) is 0 Å². The highest BCUT2D eigenvalue weighted by Crippen LogP contribution is 2.49. The summed E-state index contributed by atoms with van der Waals surface area (Å²) in [4.78, 5) is 13.1. The van der Waals surface area contributed by atoms with Crippen molar-refractivity contribution >= 4 is 5.78 Å². The lowest BCUT2D eigenvalue weighted by molar-refractivity contribution is -0.253. The molecule has 40 heavy (non-hydrogen) atoms. The van der Waals surface area contributed by atoms with Gasteiger partial charge in [-0.15, -0.1) is 0 Å². The van der Waals surface area contributed by atoms with Crippen molar-refractivity contribution < 1.29 is 69.7 Å². The Morgan fingerprint density at radius 2 is 1.70 bits per heavy atom. The molecule has 218 valence electrons. The predicted molar refractivity (Wildman–Crippen MR) is 130 cm³/mol. The molecule has 2 saturated heterocycles. The molecule has 3 heterocycles. The number of aliphatic hydroxyl groups excluding tert-OH is 5. The van der Waals surface area contributed by atoms with Crippen LogP contribution in [0, 0.1) is 0 Å². The molecule has 9 N–H and O–H groups in total. The third kappa shape index (κ3) is 4.87. The Bertz CT molecular complexity index is 1250. The number of ketones is 1. The lowest BCUT2D eigenvalue weighted by Gasteiger charge is -2.41. The van der Waals surface area contributed by atoms with E-state index >= 15 is 0 Å². The number of phenolic OH excluding ortho intramolecular Hbond substituents is 3. The first-order valence-electron chi connectivity index (χ1n) is 12.5. The van der Waals surface area contributed by atoms with Crippen LogP contribution >= 0.6 is 0 Å². The molecular weight excluding hydrogens is 536 g/mol. The van der Waals surface area contributed by atoms with Gasteiger partial charge in [-0.05, 0) is 17.7 Å². The van der Waals surface area contributed by atoms with E-state index in [-0.39, 0.29) is 23.5 Å². The highest BCUT2D eigenvalue weighted by molar-refractivity contribution is 6.03. The summed E-state index contributed by atoms with van der Waals surface area (Å²) in [5, 5.41) is 92.6. The topological polar surface area (TPSA) is 236 Å². The molecule has 2 aromatic rings. The van der Waals surface area contributed by atoms with Gasteiger partial charge >= 0.3 is 0 Å². The van der Waals surface area contributed by atoms with Crippen molar-refractivity contribution in [3.05, 3.63) is 47.0 Å². The second-order valence-electron chi connectivity index (χ2n) is 10.1. The molecule has 0 spiro atoms. The fourth-order valence-corrected chi connectivity index (χ4v) is 5.08. The zero-order chi connectivity index (χ0) is 28.9. The molecule has 9 atom stereocenters. The van der Waals surface area contributed by atoms with Gasteiger partial charge in [0.1, 0.15) is 76.9 Å². The highest BCUT2D eigenvalue weighted by Gasteiger charge is 2.51. The van der Waals surface area contributed by atoms with E-state index < -0.39 is 97.3 Å². The van der Waals surface area contributed by atoms with E-state index in [0.717, 1.165) is 6.07 Å². The normalized spacial score (nSPS) is 35.8. The maximum Gasteiger partial charge on any atom is 0.186 e. The fourth-order valence-electron chi connectivity index (χ4n) is 5.08. The molecule has 0 aromatic heterocycles. The minimum Gasteiger partial charge on any atom is -0.508 e. The molecule has 0 aliphatic carbocycles. The SMILES string of the molecule is O=C1CC(c2ccc(O)cc2)Oc2cc(O)c([C@@H]3O[C@H](CO[C@@H]4OC[C@](O)(CO)[C@H]4O)[C@@H](O)[C@H](O)[C@H]3O)c(O)c21. The minimum absolute atomic E-state index is 0.0203. The van der Waals surface area contributed by atoms with E-state index in [2.05, 4.69) is 0 Å². The number of rotatable bonds is 6. The maximum atomic E-state index is 13.1. The number of hydrogen-bond acceptors (Lipinski definition) is 14. The quantitative estimate of drug-likeness (QED) is 0.193. The van der Waals surface area contributed by atoms with Crippen molar-refractivity contribution in [2.45, 2.75) is 61.0 Å². The zero-order valence-corrected chi connectivity index (χ0v) is 20.9. The van der Waals surface area contributed by atoms with Crippen LogP contribution in [0.25, 0.3) is 0 Å². The molecule has 3 aliphatic rings. The number of ether oxygens (including phenoxy) is 4. The molecule has 14 nitrogen and oxygen atoms in total. The van der Waals surface area contributed by atoms with Crippen LogP contribution in [0.15, 0.2) is 30.3 Å². The number of aliphatic hydroxyl groups is 6. The van der Waals surface area contributed by atoms with Crippen LogP contribution in [-0.4, -0.2) is 114 Å². The van der Waals surface area contributed by atoms with Crippen LogP contribution in [0.3, 0.4) is 0 Å². The summed E-state index contributed by atoms with van der Waals surface area (Å²) in [7, 11) is 0.